The van der Waals surface area contributed by atoms with Gasteiger partial charge in [-0.25, -0.2) is 9.37 Å². The predicted molar refractivity (Wildman–Crippen MR) is 103 cm³/mol. The summed E-state index contributed by atoms with van der Waals surface area (Å²) < 4.78 is 64.9. The maximum atomic E-state index is 14.0. The number of carbonyl (C=O) groups is 1. The van der Waals surface area contributed by atoms with Gasteiger partial charge in [0.25, 0.3) is 5.91 Å². The van der Waals surface area contributed by atoms with Crippen LogP contribution in [0.2, 0.25) is 0 Å². The molecule has 0 saturated heterocycles. The molecule has 0 fully saturated rings. The smallest absolute Gasteiger partial charge is 0.416 e. The van der Waals surface area contributed by atoms with Gasteiger partial charge in [0, 0.05) is 5.56 Å². The Kier molecular flexibility index (Phi) is 5.14. The number of hydrogen-bond acceptors (Lipinski definition) is 4. The molecule has 0 atom stereocenters. The zero-order chi connectivity index (χ0) is 22.2. The van der Waals surface area contributed by atoms with E-state index in [9.17, 15) is 22.4 Å². The molecule has 6 nitrogen and oxygen atoms in total. The summed E-state index contributed by atoms with van der Waals surface area (Å²) in [5, 5.41) is 2.53. The molecule has 0 radical (unpaired) electrons. The Morgan fingerprint density at radius 3 is 2.65 bits per heavy atom. The van der Waals surface area contributed by atoms with Crippen LogP contribution in [0.4, 0.5) is 23.5 Å². The summed E-state index contributed by atoms with van der Waals surface area (Å²) in [7, 11) is 1.30. The van der Waals surface area contributed by atoms with E-state index in [-0.39, 0.29) is 29.3 Å². The van der Waals surface area contributed by atoms with Gasteiger partial charge in [-0.05, 0) is 48.5 Å². The molecule has 4 rings (SSSR count). The van der Waals surface area contributed by atoms with Gasteiger partial charge in [-0.2, -0.15) is 13.2 Å². The van der Waals surface area contributed by atoms with Crippen molar-refractivity contribution >= 4 is 22.9 Å². The van der Waals surface area contributed by atoms with Gasteiger partial charge in [-0.15, -0.1) is 0 Å². The monoisotopic (exact) mass is 433 g/mol. The van der Waals surface area contributed by atoms with E-state index >= 15 is 0 Å². The number of nitrogens with one attached hydrogen (secondary N) is 1. The van der Waals surface area contributed by atoms with Crippen LogP contribution < -0.4 is 10.1 Å². The summed E-state index contributed by atoms with van der Waals surface area (Å²) in [6.07, 6.45) is -3.09. The molecular formula is C21H15F4N3O3. The number of rotatable bonds is 5. The number of imidazole rings is 1. The third-order valence-electron chi connectivity index (χ3n) is 4.61. The maximum Gasteiger partial charge on any atom is 0.416 e. The number of aromatic nitrogens is 2. The number of fused-ring (bicyclic) bond motifs is 1. The van der Waals surface area contributed by atoms with Crippen molar-refractivity contribution in [2.75, 3.05) is 12.4 Å². The number of anilines is 1. The summed E-state index contributed by atoms with van der Waals surface area (Å²) in [6.45, 7) is 0.113. The number of amides is 1. The Morgan fingerprint density at radius 2 is 2.00 bits per heavy atom. The average molecular weight is 433 g/mol. The molecule has 1 N–H and O–H groups in total. The van der Waals surface area contributed by atoms with Gasteiger partial charge in [0.1, 0.15) is 5.76 Å². The van der Waals surface area contributed by atoms with E-state index in [2.05, 4.69) is 10.3 Å². The number of hydrogen-bond donors (Lipinski definition) is 1. The highest BCUT2D eigenvalue weighted by molar-refractivity contribution is 6.04. The van der Waals surface area contributed by atoms with Crippen LogP contribution in [-0.2, 0) is 12.7 Å². The van der Waals surface area contributed by atoms with Crippen molar-refractivity contribution in [1.29, 1.82) is 0 Å². The predicted octanol–water partition coefficient (Wildman–Crippen LogP) is 5.10. The van der Waals surface area contributed by atoms with Crippen molar-refractivity contribution in [3.8, 4) is 5.75 Å². The third kappa shape index (κ3) is 4.09. The number of carbonyl (C=O) groups excluding carboxylic acids is 1. The number of furan rings is 1. The molecule has 0 aliphatic carbocycles. The minimum absolute atomic E-state index is 0.00745. The number of methoxy groups -OCH3 is 1. The minimum Gasteiger partial charge on any atom is -0.494 e. The largest absolute Gasteiger partial charge is 0.494 e. The van der Waals surface area contributed by atoms with E-state index in [0.29, 0.717) is 11.3 Å². The van der Waals surface area contributed by atoms with E-state index in [1.807, 2.05) is 0 Å². The van der Waals surface area contributed by atoms with E-state index in [0.717, 1.165) is 18.2 Å². The van der Waals surface area contributed by atoms with Gasteiger partial charge in [0.15, 0.2) is 11.6 Å². The second-order valence-electron chi connectivity index (χ2n) is 6.61. The summed E-state index contributed by atoms with van der Waals surface area (Å²) in [5.41, 5.74) is -0.471. The zero-order valence-electron chi connectivity index (χ0n) is 16.0. The topological polar surface area (TPSA) is 69.3 Å². The highest BCUT2D eigenvalue weighted by Gasteiger charge is 2.31. The number of benzene rings is 2. The molecule has 2 aromatic heterocycles. The molecule has 31 heavy (non-hydrogen) atoms. The van der Waals surface area contributed by atoms with E-state index < -0.39 is 23.5 Å². The van der Waals surface area contributed by atoms with Gasteiger partial charge < -0.3 is 13.7 Å². The van der Waals surface area contributed by atoms with Crippen LogP contribution in [0, 0.1) is 5.82 Å². The first kappa shape index (κ1) is 20.5. The van der Waals surface area contributed by atoms with Crippen LogP contribution in [-0.4, -0.2) is 22.6 Å². The van der Waals surface area contributed by atoms with Crippen LogP contribution in [0.25, 0.3) is 11.0 Å². The van der Waals surface area contributed by atoms with E-state index in [1.165, 1.54) is 36.1 Å². The lowest BCUT2D eigenvalue weighted by molar-refractivity contribution is -0.137. The lowest BCUT2D eigenvalue weighted by Gasteiger charge is -2.10. The molecular weight excluding hydrogens is 418 g/mol. The second kappa shape index (κ2) is 7.78. The molecule has 0 bridgehead atoms. The van der Waals surface area contributed by atoms with Crippen molar-refractivity contribution in [3.05, 3.63) is 77.5 Å². The molecule has 1 amide bonds. The van der Waals surface area contributed by atoms with Gasteiger partial charge in [-0.1, -0.05) is 0 Å². The van der Waals surface area contributed by atoms with Gasteiger partial charge >= 0.3 is 6.18 Å². The molecule has 10 heteroatoms. The van der Waals surface area contributed by atoms with Crippen molar-refractivity contribution in [3.63, 3.8) is 0 Å². The fourth-order valence-corrected chi connectivity index (χ4v) is 3.10. The Morgan fingerprint density at radius 1 is 1.19 bits per heavy atom. The Hall–Kier alpha value is -3.82. The number of halogens is 4. The molecule has 0 saturated carbocycles. The summed E-state index contributed by atoms with van der Waals surface area (Å²) >= 11 is 0. The van der Waals surface area contributed by atoms with Crippen LogP contribution in [0.5, 0.6) is 5.75 Å². The normalized spacial score (nSPS) is 11.6. The summed E-state index contributed by atoms with van der Waals surface area (Å²) in [6, 6.07) is 10.1. The molecule has 2 heterocycles. The molecule has 160 valence electrons. The first-order valence-electron chi connectivity index (χ1n) is 9.01. The van der Waals surface area contributed by atoms with Crippen LogP contribution in [0.3, 0.4) is 0 Å². The van der Waals surface area contributed by atoms with E-state index in [1.54, 1.807) is 12.1 Å². The van der Waals surface area contributed by atoms with Crippen molar-refractivity contribution in [2.24, 2.45) is 0 Å². The summed E-state index contributed by atoms with van der Waals surface area (Å²) in [5.74, 6) is -0.943. The van der Waals surface area contributed by atoms with Gasteiger partial charge in [-0.3, -0.25) is 10.1 Å². The van der Waals surface area contributed by atoms with E-state index in [4.69, 9.17) is 9.15 Å². The fourth-order valence-electron chi connectivity index (χ4n) is 3.10. The second-order valence-corrected chi connectivity index (χ2v) is 6.61. The minimum atomic E-state index is -4.54. The first-order chi connectivity index (χ1) is 14.8. The Labute approximate surface area is 173 Å². The first-order valence-corrected chi connectivity index (χ1v) is 9.01. The zero-order valence-corrected chi connectivity index (χ0v) is 16.0. The quantitative estimate of drug-likeness (QED) is 0.445. The molecule has 2 aromatic carbocycles. The standard InChI is InChI=1S/C21H15F4N3O3/c1-30-18-7-4-12(9-15(18)22)19(29)27-20-26-16-10-13(21(23,24)25)5-6-17(16)28(20)11-14-3-2-8-31-14/h2-10H,11H2,1H3,(H,26,27,29). The molecule has 0 spiro atoms. The average Bonchev–Trinajstić information content (AvgIpc) is 3.35. The van der Waals surface area contributed by atoms with Gasteiger partial charge in [0.2, 0.25) is 5.95 Å². The van der Waals surface area contributed by atoms with Crippen LogP contribution in [0.15, 0.2) is 59.2 Å². The maximum absolute atomic E-state index is 14.0. The molecule has 0 aliphatic heterocycles. The third-order valence-corrected chi connectivity index (χ3v) is 4.61. The SMILES string of the molecule is COc1ccc(C(=O)Nc2nc3cc(C(F)(F)F)ccc3n2Cc2ccco2)cc1F. The molecule has 0 unspecified atom stereocenters. The van der Waals surface area contributed by atoms with Crippen molar-refractivity contribution in [2.45, 2.75) is 12.7 Å². The number of ether oxygens (including phenoxy) is 1. The fraction of sp³-hybridized carbons (Fsp3) is 0.143. The number of nitrogens with zero attached hydrogens (tertiary/aromatic N) is 2. The van der Waals surface area contributed by atoms with Gasteiger partial charge in [0.05, 0.1) is 36.5 Å². The van der Waals surface area contributed by atoms with Crippen molar-refractivity contribution in [1.82, 2.24) is 9.55 Å². The highest BCUT2D eigenvalue weighted by atomic mass is 19.4. The lowest BCUT2D eigenvalue weighted by Crippen LogP contribution is -2.16. The molecule has 4 aromatic rings. The molecule has 0 aliphatic rings. The summed E-state index contributed by atoms with van der Waals surface area (Å²) in [4.78, 5) is 16.8. The Bertz CT molecular complexity index is 1250. The van der Waals surface area contributed by atoms with Crippen LogP contribution >= 0.6 is 0 Å². The number of alkyl halides is 3. The Balaban J connectivity index is 1.74. The van der Waals surface area contributed by atoms with Crippen molar-refractivity contribution < 1.29 is 31.5 Å². The van der Waals surface area contributed by atoms with Crippen LogP contribution in [0.1, 0.15) is 21.7 Å². The highest BCUT2D eigenvalue weighted by Crippen LogP contribution is 2.32. The lowest BCUT2D eigenvalue weighted by atomic mass is 10.2.